The molecular formula is C19H25N3O2. The van der Waals surface area contributed by atoms with Crippen LogP contribution in [0.1, 0.15) is 63.0 Å². The number of carbonyl (C=O) groups is 1. The number of amides is 1. The molecule has 1 aromatic rings. The van der Waals surface area contributed by atoms with Gasteiger partial charge in [-0.25, -0.2) is 4.68 Å². The van der Waals surface area contributed by atoms with Crippen LogP contribution in [0.3, 0.4) is 0 Å². The maximum Gasteiger partial charge on any atom is 0.267 e. The van der Waals surface area contributed by atoms with E-state index >= 15 is 0 Å². The number of carbonyl (C=O) groups excluding carboxylic acids is 1. The molecule has 128 valence electrons. The highest BCUT2D eigenvalue weighted by Crippen LogP contribution is 2.55. The van der Waals surface area contributed by atoms with Gasteiger partial charge in [0.1, 0.15) is 6.54 Å². The standard InChI is InChI=1S/C19H25N3O2/c23-17(11-22-18(24)4-3-16(21-22)15-1-2-15)20-19-8-12-5-13(9-19)7-14(6-12)10-19/h3-4,12-15H,1-2,5-11H2,(H,20,23). The molecule has 5 heteroatoms. The summed E-state index contributed by atoms with van der Waals surface area (Å²) in [6.07, 6.45) is 9.77. The van der Waals surface area contributed by atoms with Crippen LogP contribution in [-0.2, 0) is 11.3 Å². The van der Waals surface area contributed by atoms with Crippen molar-refractivity contribution in [1.29, 1.82) is 0 Å². The fourth-order valence-corrected chi connectivity index (χ4v) is 5.91. The summed E-state index contributed by atoms with van der Waals surface area (Å²) in [6, 6.07) is 3.37. The van der Waals surface area contributed by atoms with E-state index in [2.05, 4.69) is 10.4 Å². The SMILES string of the molecule is O=C(Cn1nc(C2CC2)ccc1=O)NC12CC3CC(CC(C3)C1)C2. The van der Waals surface area contributed by atoms with Crippen LogP contribution in [0, 0.1) is 17.8 Å². The highest BCUT2D eigenvalue weighted by molar-refractivity contribution is 5.76. The molecule has 5 aliphatic carbocycles. The zero-order valence-electron chi connectivity index (χ0n) is 14.0. The van der Waals surface area contributed by atoms with Crippen LogP contribution < -0.4 is 10.9 Å². The van der Waals surface area contributed by atoms with E-state index in [1.807, 2.05) is 6.07 Å². The normalized spacial score (nSPS) is 36.8. The molecule has 0 aromatic carbocycles. The van der Waals surface area contributed by atoms with E-state index in [0.29, 0.717) is 5.92 Å². The summed E-state index contributed by atoms with van der Waals surface area (Å²) in [5.41, 5.74) is 0.779. The zero-order chi connectivity index (χ0) is 16.3. The molecule has 0 radical (unpaired) electrons. The smallest absolute Gasteiger partial charge is 0.267 e. The summed E-state index contributed by atoms with van der Waals surface area (Å²) < 4.78 is 1.35. The van der Waals surface area contributed by atoms with E-state index < -0.39 is 0 Å². The molecule has 0 saturated heterocycles. The van der Waals surface area contributed by atoms with Crippen molar-refractivity contribution in [3.63, 3.8) is 0 Å². The van der Waals surface area contributed by atoms with Gasteiger partial charge in [0, 0.05) is 17.5 Å². The number of hydrogen-bond acceptors (Lipinski definition) is 3. The fraction of sp³-hybridized carbons (Fsp3) is 0.737. The van der Waals surface area contributed by atoms with Crippen LogP contribution in [0.4, 0.5) is 0 Å². The third kappa shape index (κ3) is 2.58. The van der Waals surface area contributed by atoms with Crippen LogP contribution in [0.25, 0.3) is 0 Å². The van der Waals surface area contributed by atoms with Gasteiger partial charge in [-0.1, -0.05) is 0 Å². The van der Waals surface area contributed by atoms with Crippen LogP contribution in [-0.4, -0.2) is 21.2 Å². The first-order chi connectivity index (χ1) is 11.6. The first-order valence-corrected chi connectivity index (χ1v) is 9.48. The van der Waals surface area contributed by atoms with Gasteiger partial charge in [0.25, 0.3) is 5.56 Å². The molecule has 1 amide bonds. The summed E-state index contributed by atoms with van der Waals surface area (Å²) in [5, 5.41) is 7.74. The van der Waals surface area contributed by atoms with Crippen LogP contribution >= 0.6 is 0 Å². The van der Waals surface area contributed by atoms with Crippen molar-refractivity contribution in [1.82, 2.24) is 15.1 Å². The first-order valence-electron chi connectivity index (χ1n) is 9.48. The van der Waals surface area contributed by atoms with E-state index in [-0.39, 0.29) is 23.6 Å². The predicted octanol–water partition coefficient (Wildman–Crippen LogP) is 2.21. The second-order valence-corrected chi connectivity index (χ2v) is 8.77. The van der Waals surface area contributed by atoms with E-state index in [4.69, 9.17) is 0 Å². The molecule has 0 aliphatic heterocycles. The summed E-state index contributed by atoms with van der Waals surface area (Å²) in [5.74, 6) is 2.85. The Morgan fingerprint density at radius 1 is 1.12 bits per heavy atom. The van der Waals surface area contributed by atoms with E-state index in [1.165, 1.54) is 23.9 Å². The van der Waals surface area contributed by atoms with Crippen molar-refractivity contribution < 1.29 is 4.79 Å². The minimum atomic E-state index is -0.180. The van der Waals surface area contributed by atoms with Gasteiger partial charge in [0.15, 0.2) is 0 Å². The molecule has 1 N–H and O–H groups in total. The quantitative estimate of drug-likeness (QED) is 0.922. The van der Waals surface area contributed by atoms with Crippen LogP contribution in [0.2, 0.25) is 0 Å². The van der Waals surface area contributed by atoms with Crippen molar-refractivity contribution >= 4 is 5.91 Å². The van der Waals surface area contributed by atoms with Crippen LogP contribution in [0.5, 0.6) is 0 Å². The minimum Gasteiger partial charge on any atom is -0.349 e. The average Bonchev–Trinajstić information content (AvgIpc) is 3.32. The van der Waals surface area contributed by atoms with Gasteiger partial charge in [0.2, 0.25) is 5.91 Å². The van der Waals surface area contributed by atoms with E-state index in [9.17, 15) is 9.59 Å². The Morgan fingerprint density at radius 3 is 2.33 bits per heavy atom. The molecule has 6 rings (SSSR count). The first kappa shape index (κ1) is 14.7. The van der Waals surface area contributed by atoms with Crippen molar-refractivity contribution in [2.45, 2.75) is 69.4 Å². The lowest BCUT2D eigenvalue weighted by atomic mass is 9.53. The third-order valence-electron chi connectivity index (χ3n) is 6.62. The number of nitrogens with one attached hydrogen (secondary N) is 1. The largest absolute Gasteiger partial charge is 0.349 e. The lowest BCUT2D eigenvalue weighted by molar-refractivity contribution is -0.127. The Labute approximate surface area is 141 Å². The van der Waals surface area contributed by atoms with Crippen molar-refractivity contribution in [2.24, 2.45) is 17.8 Å². The van der Waals surface area contributed by atoms with Gasteiger partial charge in [-0.15, -0.1) is 0 Å². The molecule has 0 spiro atoms. The molecule has 0 atom stereocenters. The third-order valence-corrected chi connectivity index (χ3v) is 6.62. The Kier molecular flexibility index (Phi) is 3.16. The summed E-state index contributed by atoms with van der Waals surface area (Å²) in [6.45, 7) is 0.0567. The second kappa shape index (κ2) is 5.17. The Morgan fingerprint density at radius 2 is 1.75 bits per heavy atom. The number of aromatic nitrogens is 2. The van der Waals surface area contributed by atoms with Crippen molar-refractivity contribution in [3.05, 3.63) is 28.2 Å². The number of rotatable bonds is 4. The lowest BCUT2D eigenvalue weighted by Crippen LogP contribution is -2.60. The van der Waals surface area contributed by atoms with Gasteiger partial charge in [0.05, 0.1) is 5.69 Å². The van der Waals surface area contributed by atoms with Gasteiger partial charge < -0.3 is 5.32 Å². The van der Waals surface area contributed by atoms with E-state index in [0.717, 1.165) is 55.6 Å². The molecular weight excluding hydrogens is 302 g/mol. The maximum atomic E-state index is 12.6. The van der Waals surface area contributed by atoms with Gasteiger partial charge >= 0.3 is 0 Å². The lowest BCUT2D eigenvalue weighted by Gasteiger charge is -2.56. The van der Waals surface area contributed by atoms with Gasteiger partial charge in [-0.05, 0) is 75.2 Å². The number of nitrogens with zero attached hydrogens (tertiary/aromatic N) is 2. The zero-order valence-corrected chi connectivity index (χ0v) is 14.0. The van der Waals surface area contributed by atoms with Crippen molar-refractivity contribution in [3.8, 4) is 0 Å². The van der Waals surface area contributed by atoms with Gasteiger partial charge in [-0.3, -0.25) is 9.59 Å². The molecule has 5 aliphatic rings. The molecule has 5 fully saturated rings. The average molecular weight is 327 g/mol. The Hall–Kier alpha value is -1.65. The summed E-state index contributed by atoms with van der Waals surface area (Å²) >= 11 is 0. The van der Waals surface area contributed by atoms with E-state index in [1.54, 1.807) is 6.07 Å². The van der Waals surface area contributed by atoms with Crippen LogP contribution in [0.15, 0.2) is 16.9 Å². The molecule has 24 heavy (non-hydrogen) atoms. The monoisotopic (exact) mass is 327 g/mol. The summed E-state index contributed by atoms with van der Waals surface area (Å²) in [4.78, 5) is 24.7. The molecule has 5 saturated carbocycles. The number of hydrogen-bond donors (Lipinski definition) is 1. The molecule has 5 nitrogen and oxygen atoms in total. The molecule has 0 unspecified atom stereocenters. The highest BCUT2D eigenvalue weighted by atomic mass is 16.2. The molecule has 1 heterocycles. The predicted molar refractivity (Wildman–Crippen MR) is 89.5 cm³/mol. The van der Waals surface area contributed by atoms with Crippen molar-refractivity contribution in [2.75, 3.05) is 0 Å². The summed E-state index contributed by atoms with van der Waals surface area (Å²) in [7, 11) is 0. The molecule has 1 aromatic heterocycles. The maximum absolute atomic E-state index is 12.6. The Balaban J connectivity index is 1.31. The minimum absolute atomic E-state index is 0.00352. The highest BCUT2D eigenvalue weighted by Gasteiger charge is 2.51. The topological polar surface area (TPSA) is 64.0 Å². The van der Waals surface area contributed by atoms with Gasteiger partial charge in [-0.2, -0.15) is 5.10 Å². The fourth-order valence-electron chi connectivity index (χ4n) is 5.91. The second-order valence-electron chi connectivity index (χ2n) is 8.77. The Bertz CT molecular complexity index is 699. The molecule has 4 bridgehead atoms.